The summed E-state index contributed by atoms with van der Waals surface area (Å²) in [5, 5.41) is 11.2. The van der Waals surface area contributed by atoms with Crippen LogP contribution in [0.3, 0.4) is 0 Å². The van der Waals surface area contributed by atoms with E-state index in [1.165, 1.54) is 23.1 Å². The van der Waals surface area contributed by atoms with Gasteiger partial charge in [-0.25, -0.2) is 4.79 Å². The smallest absolute Gasteiger partial charge is 0.326 e. The second-order valence-corrected chi connectivity index (χ2v) is 9.16. The lowest BCUT2D eigenvalue weighted by Gasteiger charge is -2.29. The SMILES string of the molecule is O=C(O)C(Cc1ccccc1)N(Cc1ccc(-c2cccc(Cl)c2)o1)C(=O)c1ccc(Cl)cc1Cl. The summed E-state index contributed by atoms with van der Waals surface area (Å²) >= 11 is 18.4. The highest BCUT2D eigenvalue weighted by molar-refractivity contribution is 6.36. The van der Waals surface area contributed by atoms with Crippen molar-refractivity contribution in [3.63, 3.8) is 0 Å². The molecule has 0 aliphatic rings. The maximum atomic E-state index is 13.6. The summed E-state index contributed by atoms with van der Waals surface area (Å²) in [4.78, 5) is 27.3. The maximum Gasteiger partial charge on any atom is 0.326 e. The van der Waals surface area contributed by atoms with Gasteiger partial charge in [0, 0.05) is 22.0 Å². The van der Waals surface area contributed by atoms with E-state index in [1.807, 2.05) is 36.4 Å². The molecule has 0 saturated heterocycles. The number of amides is 1. The molecule has 1 aromatic heterocycles. The standard InChI is InChI=1S/C27H20Cl3NO4/c28-19-8-4-7-18(14-19)25-12-10-21(35-25)16-31(26(32)22-11-9-20(29)15-23(22)30)24(27(33)34)13-17-5-2-1-3-6-17/h1-12,14-15,24H,13,16H2,(H,33,34). The van der Waals surface area contributed by atoms with Crippen molar-refractivity contribution >= 4 is 46.7 Å². The molecular weight excluding hydrogens is 509 g/mol. The number of carbonyl (C=O) groups is 2. The molecule has 5 nitrogen and oxygen atoms in total. The van der Waals surface area contributed by atoms with Gasteiger partial charge in [0.15, 0.2) is 0 Å². The molecule has 3 aromatic carbocycles. The zero-order valence-electron chi connectivity index (χ0n) is 18.3. The number of hydrogen-bond donors (Lipinski definition) is 1. The van der Waals surface area contributed by atoms with Crippen LogP contribution in [-0.2, 0) is 17.8 Å². The first-order valence-corrected chi connectivity index (χ1v) is 11.8. The topological polar surface area (TPSA) is 70.8 Å². The molecule has 0 aliphatic heterocycles. The third kappa shape index (κ3) is 6.06. The highest BCUT2D eigenvalue weighted by atomic mass is 35.5. The van der Waals surface area contributed by atoms with Crippen LogP contribution in [0.4, 0.5) is 0 Å². The van der Waals surface area contributed by atoms with Crippen LogP contribution in [0, 0.1) is 0 Å². The molecule has 1 heterocycles. The highest BCUT2D eigenvalue weighted by Crippen LogP contribution is 2.28. The molecule has 0 bridgehead atoms. The summed E-state index contributed by atoms with van der Waals surface area (Å²) in [6.07, 6.45) is 0.106. The van der Waals surface area contributed by atoms with Gasteiger partial charge in [-0.15, -0.1) is 0 Å². The normalized spacial score (nSPS) is 11.7. The molecule has 0 spiro atoms. The molecule has 1 atom stereocenters. The summed E-state index contributed by atoms with van der Waals surface area (Å²) in [5.41, 5.74) is 1.69. The van der Waals surface area contributed by atoms with Crippen LogP contribution in [-0.4, -0.2) is 27.9 Å². The van der Waals surface area contributed by atoms with Crippen LogP contribution in [0.25, 0.3) is 11.3 Å². The molecule has 1 unspecified atom stereocenters. The average Bonchev–Trinajstić information content (AvgIpc) is 3.30. The molecule has 8 heteroatoms. The Labute approximate surface area is 217 Å². The fourth-order valence-electron chi connectivity index (χ4n) is 3.74. The Morgan fingerprint density at radius 2 is 1.60 bits per heavy atom. The lowest BCUT2D eigenvalue weighted by atomic mass is 10.0. The number of halogens is 3. The number of hydrogen-bond acceptors (Lipinski definition) is 3. The Morgan fingerprint density at radius 1 is 0.857 bits per heavy atom. The van der Waals surface area contributed by atoms with Gasteiger partial charge in [-0.2, -0.15) is 0 Å². The van der Waals surface area contributed by atoms with Crippen LogP contribution in [0.2, 0.25) is 15.1 Å². The number of aliphatic carboxylic acids is 1. The van der Waals surface area contributed by atoms with Gasteiger partial charge in [-0.1, -0.05) is 77.3 Å². The Hall–Kier alpha value is -3.25. The van der Waals surface area contributed by atoms with Gasteiger partial charge < -0.3 is 14.4 Å². The van der Waals surface area contributed by atoms with Crippen LogP contribution in [0.5, 0.6) is 0 Å². The number of carbonyl (C=O) groups excluding carboxylic acids is 1. The first-order valence-electron chi connectivity index (χ1n) is 10.7. The third-order valence-electron chi connectivity index (χ3n) is 5.45. The minimum Gasteiger partial charge on any atom is -0.480 e. The molecule has 0 fully saturated rings. The van der Waals surface area contributed by atoms with Crippen molar-refractivity contribution in [3.8, 4) is 11.3 Å². The molecule has 1 amide bonds. The maximum absolute atomic E-state index is 13.6. The quantitative estimate of drug-likeness (QED) is 0.262. The first-order chi connectivity index (χ1) is 16.8. The van der Waals surface area contributed by atoms with E-state index in [2.05, 4.69) is 0 Å². The Morgan fingerprint density at radius 3 is 2.29 bits per heavy atom. The van der Waals surface area contributed by atoms with Gasteiger partial charge in [0.2, 0.25) is 0 Å². The molecular formula is C27H20Cl3NO4. The average molecular weight is 529 g/mol. The van der Waals surface area contributed by atoms with Crippen LogP contribution in [0.1, 0.15) is 21.7 Å². The number of carboxylic acid groups (broad SMARTS) is 1. The Balaban J connectivity index is 1.70. The molecule has 178 valence electrons. The molecule has 4 aromatic rings. The summed E-state index contributed by atoms with van der Waals surface area (Å²) in [6, 6.07) is 23.1. The number of carboxylic acids is 1. The Kier molecular flexibility index (Phi) is 7.81. The van der Waals surface area contributed by atoms with Gasteiger partial charge >= 0.3 is 5.97 Å². The van der Waals surface area contributed by atoms with Crippen LogP contribution in [0.15, 0.2) is 89.3 Å². The van der Waals surface area contributed by atoms with E-state index in [9.17, 15) is 14.7 Å². The minimum absolute atomic E-state index is 0.0812. The van der Waals surface area contributed by atoms with E-state index >= 15 is 0 Å². The number of benzene rings is 3. The summed E-state index contributed by atoms with van der Waals surface area (Å²) in [6.45, 7) is -0.0812. The van der Waals surface area contributed by atoms with E-state index < -0.39 is 17.9 Å². The second kappa shape index (κ2) is 11.0. The zero-order valence-corrected chi connectivity index (χ0v) is 20.6. The van der Waals surface area contributed by atoms with Crippen molar-refractivity contribution in [2.24, 2.45) is 0 Å². The summed E-state index contributed by atoms with van der Waals surface area (Å²) < 4.78 is 5.97. The van der Waals surface area contributed by atoms with E-state index in [1.54, 1.807) is 30.3 Å². The van der Waals surface area contributed by atoms with Crippen molar-refractivity contribution in [2.45, 2.75) is 19.0 Å². The van der Waals surface area contributed by atoms with Crippen molar-refractivity contribution in [3.05, 3.63) is 117 Å². The fourth-order valence-corrected chi connectivity index (χ4v) is 4.42. The summed E-state index contributed by atoms with van der Waals surface area (Å²) in [5.74, 6) is -0.725. The van der Waals surface area contributed by atoms with Crippen molar-refractivity contribution in [2.75, 3.05) is 0 Å². The van der Waals surface area contributed by atoms with Gasteiger partial charge in [0.05, 0.1) is 17.1 Å². The van der Waals surface area contributed by atoms with Crippen LogP contribution < -0.4 is 0 Å². The molecule has 4 rings (SSSR count). The number of rotatable bonds is 8. The van der Waals surface area contributed by atoms with Gasteiger partial charge in [0.25, 0.3) is 5.91 Å². The monoisotopic (exact) mass is 527 g/mol. The fraction of sp³-hybridized carbons (Fsp3) is 0.111. The molecule has 0 radical (unpaired) electrons. The van der Waals surface area contributed by atoms with Gasteiger partial charge in [0.1, 0.15) is 17.6 Å². The first kappa shape index (κ1) is 24.9. The predicted molar refractivity (Wildman–Crippen MR) is 137 cm³/mol. The second-order valence-electron chi connectivity index (χ2n) is 7.88. The Bertz CT molecular complexity index is 1350. The van der Waals surface area contributed by atoms with Gasteiger partial charge in [-0.05, 0) is 48.0 Å². The highest BCUT2D eigenvalue weighted by Gasteiger charge is 2.32. The van der Waals surface area contributed by atoms with Crippen molar-refractivity contribution in [1.29, 1.82) is 0 Å². The lowest BCUT2D eigenvalue weighted by Crippen LogP contribution is -2.46. The predicted octanol–water partition coefficient (Wildman–Crippen LogP) is 7.25. The molecule has 0 saturated carbocycles. The molecule has 0 aliphatic carbocycles. The van der Waals surface area contributed by atoms with Gasteiger partial charge in [-0.3, -0.25) is 4.79 Å². The third-order valence-corrected chi connectivity index (χ3v) is 6.24. The van der Waals surface area contributed by atoms with Crippen LogP contribution >= 0.6 is 34.8 Å². The number of nitrogens with zero attached hydrogens (tertiary/aromatic N) is 1. The summed E-state index contributed by atoms with van der Waals surface area (Å²) in [7, 11) is 0. The van der Waals surface area contributed by atoms with Crippen molar-refractivity contribution < 1.29 is 19.1 Å². The van der Waals surface area contributed by atoms with E-state index in [0.717, 1.165) is 11.1 Å². The molecule has 35 heavy (non-hydrogen) atoms. The zero-order chi connectivity index (χ0) is 24.9. The van der Waals surface area contributed by atoms with Crippen molar-refractivity contribution in [1.82, 2.24) is 4.90 Å². The largest absolute Gasteiger partial charge is 0.480 e. The van der Waals surface area contributed by atoms with E-state index in [-0.39, 0.29) is 23.6 Å². The minimum atomic E-state index is -1.17. The molecule has 1 N–H and O–H groups in total. The number of furan rings is 1. The van der Waals surface area contributed by atoms with E-state index in [0.29, 0.717) is 21.6 Å². The lowest BCUT2D eigenvalue weighted by molar-refractivity contribution is -0.142. The van der Waals surface area contributed by atoms with E-state index in [4.69, 9.17) is 39.2 Å².